The minimum Gasteiger partial charge on any atom is -0.396 e. The van der Waals surface area contributed by atoms with Gasteiger partial charge in [0.1, 0.15) is 0 Å². The maximum absolute atomic E-state index is 8.62. The highest BCUT2D eigenvalue weighted by molar-refractivity contribution is 7.79. The number of hydrogen-bond donors (Lipinski definition) is 2. The van der Waals surface area contributed by atoms with E-state index in [4.69, 9.17) is 5.11 Å². The number of unbranched alkanes of at least 4 members (excludes halogenated alkanes) is 1. The monoisotopic (exact) mass is 196 g/mol. The van der Waals surface area contributed by atoms with Gasteiger partial charge in [0.25, 0.3) is 0 Å². The first-order valence-electron chi connectivity index (χ1n) is 4.66. The minimum absolute atomic E-state index is 0.300. The lowest BCUT2D eigenvalue weighted by atomic mass is 10.1. The summed E-state index contributed by atoms with van der Waals surface area (Å²) in [7, 11) is 0. The van der Waals surface area contributed by atoms with Gasteiger partial charge in [-0.25, -0.2) is 0 Å². The van der Waals surface area contributed by atoms with Crippen LogP contribution >= 0.6 is 12.6 Å². The average molecular weight is 196 g/mol. The zero-order chi connectivity index (χ0) is 9.52. The zero-order valence-electron chi connectivity index (χ0n) is 7.74. The second-order valence-electron chi connectivity index (χ2n) is 3.16. The molecule has 0 aliphatic rings. The maximum atomic E-state index is 8.62. The van der Waals surface area contributed by atoms with Crippen LogP contribution in [0.3, 0.4) is 0 Å². The number of hydrogen-bond acceptors (Lipinski definition) is 2. The summed E-state index contributed by atoms with van der Waals surface area (Å²) in [5, 5.41) is 8.62. The second kappa shape index (κ2) is 6.06. The van der Waals surface area contributed by atoms with Gasteiger partial charge in [-0.3, -0.25) is 0 Å². The van der Waals surface area contributed by atoms with Crippen molar-refractivity contribution < 1.29 is 5.11 Å². The van der Waals surface area contributed by atoms with Gasteiger partial charge in [0.15, 0.2) is 0 Å². The predicted octanol–water partition coefficient (Wildman–Crippen LogP) is 2.43. The van der Waals surface area contributed by atoms with Gasteiger partial charge in [-0.05, 0) is 30.4 Å². The second-order valence-corrected chi connectivity index (χ2v) is 3.47. The number of aliphatic hydroxyl groups is 1. The summed E-state index contributed by atoms with van der Waals surface area (Å²) in [5.74, 6) is 0.802. The molecule has 0 aromatic heterocycles. The van der Waals surface area contributed by atoms with E-state index in [-0.39, 0.29) is 0 Å². The van der Waals surface area contributed by atoms with Crippen molar-refractivity contribution in [2.24, 2.45) is 0 Å². The van der Waals surface area contributed by atoms with Gasteiger partial charge in [-0.2, -0.15) is 12.6 Å². The van der Waals surface area contributed by atoms with Crippen molar-refractivity contribution in [3.8, 4) is 0 Å². The van der Waals surface area contributed by atoms with E-state index in [1.165, 1.54) is 11.1 Å². The summed E-state index contributed by atoms with van der Waals surface area (Å²) in [6.07, 6.45) is 3.03. The Kier molecular flexibility index (Phi) is 4.94. The number of aryl methyl sites for hydroxylation is 1. The Morgan fingerprint density at radius 1 is 1.00 bits per heavy atom. The van der Waals surface area contributed by atoms with E-state index < -0.39 is 0 Å². The molecule has 0 unspecified atom stereocenters. The molecule has 13 heavy (non-hydrogen) atoms. The van der Waals surface area contributed by atoms with Crippen molar-refractivity contribution in [3.63, 3.8) is 0 Å². The van der Waals surface area contributed by atoms with Gasteiger partial charge in [-0.1, -0.05) is 24.3 Å². The topological polar surface area (TPSA) is 20.2 Å². The van der Waals surface area contributed by atoms with Crippen LogP contribution in [-0.4, -0.2) is 11.7 Å². The third-order valence-electron chi connectivity index (χ3n) is 2.08. The fourth-order valence-corrected chi connectivity index (χ4v) is 1.46. The van der Waals surface area contributed by atoms with Gasteiger partial charge in [0, 0.05) is 12.4 Å². The molecule has 1 aromatic rings. The van der Waals surface area contributed by atoms with Crippen LogP contribution in [0.1, 0.15) is 24.0 Å². The van der Waals surface area contributed by atoms with Crippen LogP contribution in [0.15, 0.2) is 24.3 Å². The summed E-state index contributed by atoms with van der Waals surface area (Å²) >= 11 is 4.20. The molecular formula is C11H16OS. The van der Waals surface area contributed by atoms with Crippen molar-refractivity contribution in [2.75, 3.05) is 6.61 Å². The van der Waals surface area contributed by atoms with E-state index in [1.54, 1.807) is 0 Å². The molecule has 0 amide bonds. The molecule has 0 heterocycles. The highest BCUT2D eigenvalue weighted by atomic mass is 32.1. The van der Waals surface area contributed by atoms with E-state index >= 15 is 0 Å². The summed E-state index contributed by atoms with van der Waals surface area (Å²) in [6.45, 7) is 0.300. The van der Waals surface area contributed by atoms with Crippen LogP contribution in [0.5, 0.6) is 0 Å². The normalized spacial score (nSPS) is 10.3. The summed E-state index contributed by atoms with van der Waals surface area (Å²) in [6, 6.07) is 8.51. The largest absolute Gasteiger partial charge is 0.396 e. The molecule has 0 atom stereocenters. The predicted molar refractivity (Wildman–Crippen MR) is 59.2 cm³/mol. The molecule has 0 spiro atoms. The molecule has 0 aliphatic carbocycles. The Hall–Kier alpha value is -0.470. The van der Waals surface area contributed by atoms with E-state index in [2.05, 4.69) is 36.9 Å². The first kappa shape index (κ1) is 10.6. The van der Waals surface area contributed by atoms with Crippen LogP contribution < -0.4 is 0 Å². The van der Waals surface area contributed by atoms with E-state index in [0.717, 1.165) is 25.0 Å². The number of aliphatic hydroxyl groups excluding tert-OH is 1. The standard InChI is InChI=1S/C11H16OS/c12-8-2-1-3-10-4-6-11(9-13)7-5-10/h4-7,12-13H,1-3,8-9H2. The van der Waals surface area contributed by atoms with Gasteiger partial charge in [-0.15, -0.1) is 0 Å². The fourth-order valence-electron chi connectivity index (χ4n) is 1.25. The Labute approximate surface area is 85.2 Å². The van der Waals surface area contributed by atoms with Crippen LogP contribution in [0, 0.1) is 0 Å². The average Bonchev–Trinajstić information content (AvgIpc) is 2.19. The molecule has 1 N–H and O–H groups in total. The Balaban J connectivity index is 2.40. The molecule has 0 bridgehead atoms. The van der Waals surface area contributed by atoms with Crippen LogP contribution in [0.2, 0.25) is 0 Å². The fraction of sp³-hybridized carbons (Fsp3) is 0.455. The third-order valence-corrected chi connectivity index (χ3v) is 2.44. The lowest BCUT2D eigenvalue weighted by Crippen LogP contribution is -1.89. The van der Waals surface area contributed by atoms with E-state index in [9.17, 15) is 0 Å². The van der Waals surface area contributed by atoms with Crippen molar-refractivity contribution >= 4 is 12.6 Å². The van der Waals surface area contributed by atoms with E-state index in [1.807, 2.05) is 0 Å². The maximum Gasteiger partial charge on any atom is 0.0431 e. The summed E-state index contributed by atoms with van der Waals surface area (Å²) < 4.78 is 0. The molecule has 1 nitrogen and oxygen atoms in total. The number of rotatable bonds is 5. The van der Waals surface area contributed by atoms with Crippen molar-refractivity contribution in [1.82, 2.24) is 0 Å². The van der Waals surface area contributed by atoms with Gasteiger partial charge < -0.3 is 5.11 Å². The Morgan fingerprint density at radius 2 is 1.62 bits per heavy atom. The SMILES string of the molecule is OCCCCc1ccc(CS)cc1. The Morgan fingerprint density at radius 3 is 2.15 bits per heavy atom. The molecule has 0 fully saturated rings. The molecular weight excluding hydrogens is 180 g/mol. The third kappa shape index (κ3) is 3.83. The summed E-state index contributed by atoms with van der Waals surface area (Å²) in [5.41, 5.74) is 2.60. The van der Waals surface area contributed by atoms with Crippen LogP contribution in [0.25, 0.3) is 0 Å². The van der Waals surface area contributed by atoms with Crippen LogP contribution in [-0.2, 0) is 12.2 Å². The first-order chi connectivity index (χ1) is 6.36. The van der Waals surface area contributed by atoms with Gasteiger partial charge in [0.05, 0.1) is 0 Å². The molecule has 1 rings (SSSR count). The van der Waals surface area contributed by atoms with Crippen molar-refractivity contribution in [2.45, 2.75) is 25.0 Å². The zero-order valence-corrected chi connectivity index (χ0v) is 8.63. The quantitative estimate of drug-likeness (QED) is 0.547. The minimum atomic E-state index is 0.300. The molecule has 0 saturated carbocycles. The smallest absolute Gasteiger partial charge is 0.0431 e. The molecule has 72 valence electrons. The van der Waals surface area contributed by atoms with Crippen molar-refractivity contribution in [3.05, 3.63) is 35.4 Å². The molecule has 0 radical (unpaired) electrons. The van der Waals surface area contributed by atoms with Crippen molar-refractivity contribution in [1.29, 1.82) is 0 Å². The number of benzene rings is 1. The first-order valence-corrected chi connectivity index (χ1v) is 5.29. The highest BCUT2D eigenvalue weighted by Gasteiger charge is 1.93. The van der Waals surface area contributed by atoms with Gasteiger partial charge >= 0.3 is 0 Å². The molecule has 2 heteroatoms. The van der Waals surface area contributed by atoms with Crippen LogP contribution in [0.4, 0.5) is 0 Å². The van der Waals surface area contributed by atoms with E-state index in [0.29, 0.717) is 6.61 Å². The summed E-state index contributed by atoms with van der Waals surface area (Å²) in [4.78, 5) is 0. The lowest BCUT2D eigenvalue weighted by molar-refractivity contribution is 0.284. The highest BCUT2D eigenvalue weighted by Crippen LogP contribution is 2.09. The lowest BCUT2D eigenvalue weighted by Gasteiger charge is -2.01. The number of thiol groups is 1. The molecule has 1 aromatic carbocycles. The van der Waals surface area contributed by atoms with Gasteiger partial charge in [0.2, 0.25) is 0 Å². The molecule has 0 aliphatic heterocycles. The Bertz CT molecular complexity index is 230. The molecule has 0 saturated heterocycles.